The smallest absolute Gasteiger partial charge is 0.326 e. The molecule has 204 valence electrons. The minimum Gasteiger partial charge on any atom is -0.481 e. The molecule has 0 saturated heterocycles. The van der Waals surface area contributed by atoms with E-state index >= 15 is 0 Å². The molecule has 0 aromatic rings. The molecule has 5 unspecified atom stereocenters. The number of aliphatic hydroxyl groups is 1. The average molecular weight is 519 g/mol. The maximum absolute atomic E-state index is 12.7. The number of nitrogens with two attached hydrogens (primary N) is 4. The number of primary amides is 1. The van der Waals surface area contributed by atoms with Crippen molar-refractivity contribution in [3.8, 4) is 0 Å². The Kier molecular flexibility index (Phi) is 14.1. The Labute approximate surface area is 206 Å². The summed E-state index contributed by atoms with van der Waals surface area (Å²) >= 11 is 0. The predicted octanol–water partition coefficient (Wildman–Crippen LogP) is -4.97. The first-order valence-electron chi connectivity index (χ1n) is 10.8. The lowest BCUT2D eigenvalue weighted by Gasteiger charge is -2.26. The third-order valence-corrected chi connectivity index (χ3v) is 4.67. The number of guanidine groups is 1. The quantitative estimate of drug-likeness (QED) is 0.0491. The molecule has 0 aromatic heterocycles. The number of amides is 4. The molecule has 0 fully saturated rings. The second-order valence-electron chi connectivity index (χ2n) is 7.85. The minimum absolute atomic E-state index is 0.0765. The Hall–Kier alpha value is -3.99. The van der Waals surface area contributed by atoms with Gasteiger partial charge in [-0.1, -0.05) is 0 Å². The van der Waals surface area contributed by atoms with Crippen LogP contribution in [0.25, 0.3) is 0 Å². The number of carboxylic acids is 2. The summed E-state index contributed by atoms with van der Waals surface area (Å²) in [6.07, 6.45) is -2.80. The van der Waals surface area contributed by atoms with Crippen molar-refractivity contribution in [2.75, 3.05) is 6.54 Å². The van der Waals surface area contributed by atoms with Crippen LogP contribution in [0, 0.1) is 0 Å². The van der Waals surface area contributed by atoms with Gasteiger partial charge in [0.25, 0.3) is 0 Å². The molecule has 0 bridgehead atoms. The van der Waals surface area contributed by atoms with Crippen molar-refractivity contribution in [1.82, 2.24) is 16.0 Å². The summed E-state index contributed by atoms with van der Waals surface area (Å²) in [6.45, 7) is 1.24. The molecule has 0 aromatic carbocycles. The Balaban J connectivity index is 5.38. The molecule has 4 amide bonds. The number of nitrogens with one attached hydrogen (secondary N) is 3. The number of carbonyl (C=O) groups is 6. The highest BCUT2D eigenvalue weighted by atomic mass is 16.4. The van der Waals surface area contributed by atoms with Gasteiger partial charge in [0.15, 0.2) is 5.96 Å². The number of aliphatic hydroxyl groups excluding tert-OH is 1. The zero-order valence-corrected chi connectivity index (χ0v) is 19.7. The number of aliphatic imine (C=N–C) groups is 1. The van der Waals surface area contributed by atoms with Crippen LogP contribution in [0.15, 0.2) is 4.99 Å². The Bertz CT molecular complexity index is 845. The van der Waals surface area contributed by atoms with Crippen LogP contribution in [0.5, 0.6) is 0 Å². The first kappa shape index (κ1) is 32.0. The van der Waals surface area contributed by atoms with Crippen LogP contribution in [0.4, 0.5) is 0 Å². The van der Waals surface area contributed by atoms with Gasteiger partial charge in [-0.25, -0.2) is 4.79 Å². The van der Waals surface area contributed by atoms with Crippen molar-refractivity contribution >= 4 is 41.5 Å². The molecule has 17 nitrogen and oxygen atoms in total. The van der Waals surface area contributed by atoms with Crippen LogP contribution < -0.4 is 38.9 Å². The molecule has 0 spiro atoms. The number of carbonyl (C=O) groups excluding carboxylic acids is 4. The van der Waals surface area contributed by atoms with E-state index in [1.807, 2.05) is 0 Å². The van der Waals surface area contributed by atoms with E-state index in [4.69, 9.17) is 28.0 Å². The highest BCUT2D eigenvalue weighted by Gasteiger charge is 2.33. The number of aliphatic carboxylic acids is 2. The van der Waals surface area contributed by atoms with Gasteiger partial charge in [0, 0.05) is 13.0 Å². The monoisotopic (exact) mass is 518 g/mol. The van der Waals surface area contributed by atoms with Crippen LogP contribution >= 0.6 is 0 Å². The van der Waals surface area contributed by atoms with Crippen LogP contribution in [0.3, 0.4) is 0 Å². The van der Waals surface area contributed by atoms with Crippen molar-refractivity contribution in [2.45, 2.75) is 69.3 Å². The van der Waals surface area contributed by atoms with Gasteiger partial charge in [-0.3, -0.25) is 29.0 Å². The molecule has 14 N–H and O–H groups in total. The third-order valence-electron chi connectivity index (χ3n) is 4.67. The Morgan fingerprint density at radius 2 is 1.44 bits per heavy atom. The molecular formula is C19H34N8O9. The first-order chi connectivity index (χ1) is 16.6. The van der Waals surface area contributed by atoms with E-state index in [1.165, 1.54) is 0 Å². The number of rotatable bonds is 17. The summed E-state index contributed by atoms with van der Waals surface area (Å²) in [5.74, 6) is -6.91. The second-order valence-corrected chi connectivity index (χ2v) is 7.85. The maximum atomic E-state index is 12.7. The van der Waals surface area contributed by atoms with Gasteiger partial charge in [0.2, 0.25) is 23.6 Å². The van der Waals surface area contributed by atoms with E-state index < -0.39 is 78.7 Å². The van der Waals surface area contributed by atoms with E-state index in [0.29, 0.717) is 0 Å². The molecule has 0 rings (SSSR count). The molecular weight excluding hydrogens is 484 g/mol. The summed E-state index contributed by atoms with van der Waals surface area (Å²) in [6, 6.07) is -6.02. The lowest BCUT2D eigenvalue weighted by atomic mass is 10.1. The normalized spacial score (nSPS) is 14.8. The lowest BCUT2D eigenvalue weighted by Crippen LogP contribution is -2.60. The van der Waals surface area contributed by atoms with Crippen LogP contribution in [0.1, 0.15) is 39.0 Å². The summed E-state index contributed by atoms with van der Waals surface area (Å²) in [7, 11) is 0. The standard InChI is InChI=1S/C19H34N8O9/c1-8(28)14(17(34)25-10(18(35)36)3-2-6-24-19(22)23)27-16(33)11(7-12(21)29)26-15(32)9(20)4-5-13(30)31/h8-11,14,28H,2-7,20H2,1H3,(H2,21,29)(H,25,34)(H,26,32)(H,27,33)(H,30,31)(H,35,36)(H4,22,23,24). The van der Waals surface area contributed by atoms with Crippen LogP contribution in [0.2, 0.25) is 0 Å². The van der Waals surface area contributed by atoms with E-state index in [0.717, 1.165) is 6.92 Å². The molecule has 0 radical (unpaired) electrons. The first-order valence-corrected chi connectivity index (χ1v) is 10.8. The largest absolute Gasteiger partial charge is 0.481 e. The molecule has 0 aliphatic heterocycles. The fourth-order valence-electron chi connectivity index (χ4n) is 2.78. The van der Waals surface area contributed by atoms with Crippen molar-refractivity contribution in [1.29, 1.82) is 0 Å². The fourth-order valence-corrected chi connectivity index (χ4v) is 2.78. The van der Waals surface area contributed by atoms with Gasteiger partial charge in [0.05, 0.1) is 18.6 Å². The van der Waals surface area contributed by atoms with E-state index in [1.54, 1.807) is 0 Å². The summed E-state index contributed by atoms with van der Waals surface area (Å²) in [4.78, 5) is 74.8. The topological polar surface area (TPSA) is 316 Å². The predicted molar refractivity (Wildman–Crippen MR) is 124 cm³/mol. The van der Waals surface area contributed by atoms with Gasteiger partial charge >= 0.3 is 11.9 Å². The number of hydrogen-bond acceptors (Lipinski definition) is 9. The zero-order chi connectivity index (χ0) is 28.0. The maximum Gasteiger partial charge on any atom is 0.326 e. The van der Waals surface area contributed by atoms with Crippen LogP contribution in [-0.2, 0) is 28.8 Å². The molecule has 36 heavy (non-hydrogen) atoms. The van der Waals surface area contributed by atoms with E-state index in [9.17, 15) is 39.0 Å². The number of carboxylic acid groups (broad SMARTS) is 2. The third kappa shape index (κ3) is 13.0. The average Bonchev–Trinajstić information content (AvgIpc) is 2.75. The SMILES string of the molecule is CC(O)C(NC(=O)C(CC(N)=O)NC(=O)C(N)CCC(=O)O)C(=O)NC(CCCN=C(N)N)C(=O)O. The summed E-state index contributed by atoms with van der Waals surface area (Å²) in [5.41, 5.74) is 21.1. The molecule has 17 heteroatoms. The Morgan fingerprint density at radius 3 is 1.92 bits per heavy atom. The summed E-state index contributed by atoms with van der Waals surface area (Å²) < 4.78 is 0. The van der Waals surface area contributed by atoms with Crippen molar-refractivity contribution in [2.24, 2.45) is 27.9 Å². The van der Waals surface area contributed by atoms with Crippen molar-refractivity contribution in [3.05, 3.63) is 0 Å². The fraction of sp³-hybridized carbons (Fsp3) is 0.632. The van der Waals surface area contributed by atoms with Crippen molar-refractivity contribution in [3.63, 3.8) is 0 Å². The second kappa shape index (κ2) is 15.8. The van der Waals surface area contributed by atoms with Gasteiger partial charge in [-0.05, 0) is 26.2 Å². The number of hydrogen-bond donors (Lipinski definition) is 10. The molecule has 0 aliphatic carbocycles. The minimum atomic E-state index is -1.68. The van der Waals surface area contributed by atoms with Gasteiger partial charge < -0.3 is 54.2 Å². The molecule has 0 aliphatic rings. The zero-order valence-electron chi connectivity index (χ0n) is 19.7. The van der Waals surface area contributed by atoms with E-state index in [2.05, 4.69) is 20.9 Å². The lowest BCUT2D eigenvalue weighted by molar-refractivity contribution is -0.143. The molecule has 0 heterocycles. The highest BCUT2D eigenvalue weighted by Crippen LogP contribution is 2.04. The van der Waals surface area contributed by atoms with Crippen LogP contribution in [-0.4, -0.2) is 93.7 Å². The van der Waals surface area contributed by atoms with Gasteiger partial charge in [-0.2, -0.15) is 0 Å². The Morgan fingerprint density at radius 1 is 0.861 bits per heavy atom. The molecule has 5 atom stereocenters. The highest BCUT2D eigenvalue weighted by molar-refractivity contribution is 5.96. The van der Waals surface area contributed by atoms with Gasteiger partial charge in [-0.15, -0.1) is 0 Å². The van der Waals surface area contributed by atoms with E-state index in [-0.39, 0.29) is 31.8 Å². The molecule has 0 saturated carbocycles. The summed E-state index contributed by atoms with van der Waals surface area (Å²) in [5, 5.41) is 34.5. The number of nitrogens with zero attached hydrogens (tertiary/aromatic N) is 1. The van der Waals surface area contributed by atoms with Crippen molar-refractivity contribution < 1.29 is 44.1 Å². The van der Waals surface area contributed by atoms with Gasteiger partial charge in [0.1, 0.15) is 18.1 Å².